The third-order valence-electron chi connectivity index (χ3n) is 4.02. The number of aryl methyl sites for hydroxylation is 1. The number of nitrogens with one attached hydrogen (secondary N) is 2. The van der Waals surface area contributed by atoms with Crippen LogP contribution in [-0.2, 0) is 0 Å². The van der Waals surface area contributed by atoms with Crippen molar-refractivity contribution in [3.63, 3.8) is 0 Å². The SMILES string of the molecule is Cc1[nH]c(C(=O)Nc2ccc(-c3nc(Cl)nc(C(=O)O)c3C)cc2)c(Cl)c1Cl. The molecule has 0 spiro atoms. The normalized spacial score (nSPS) is 10.8. The van der Waals surface area contributed by atoms with Gasteiger partial charge in [0.1, 0.15) is 5.69 Å². The Bertz CT molecular complexity index is 1090. The number of aromatic carboxylic acids is 1. The molecular weight excluding hydrogens is 427 g/mol. The van der Waals surface area contributed by atoms with Gasteiger partial charge in [-0.2, -0.15) is 0 Å². The number of halogens is 3. The third kappa shape index (κ3) is 3.82. The van der Waals surface area contributed by atoms with Gasteiger partial charge in [0, 0.05) is 22.5 Å². The fraction of sp³-hybridized carbons (Fsp3) is 0.111. The summed E-state index contributed by atoms with van der Waals surface area (Å²) in [5.41, 5.74) is 2.50. The first kappa shape index (κ1) is 20.1. The molecule has 0 aliphatic heterocycles. The van der Waals surface area contributed by atoms with E-state index >= 15 is 0 Å². The van der Waals surface area contributed by atoms with Gasteiger partial charge in [0.15, 0.2) is 5.69 Å². The Balaban J connectivity index is 1.87. The molecule has 0 atom stereocenters. The van der Waals surface area contributed by atoms with Gasteiger partial charge in [0.05, 0.1) is 15.7 Å². The van der Waals surface area contributed by atoms with Crippen molar-refractivity contribution >= 4 is 52.4 Å². The quantitative estimate of drug-likeness (QED) is 0.496. The monoisotopic (exact) mass is 438 g/mol. The van der Waals surface area contributed by atoms with Crippen LogP contribution >= 0.6 is 34.8 Å². The van der Waals surface area contributed by atoms with Gasteiger partial charge in [-0.15, -0.1) is 0 Å². The molecule has 2 aromatic heterocycles. The second-order valence-electron chi connectivity index (χ2n) is 5.90. The minimum absolute atomic E-state index is 0.153. The number of aromatic nitrogens is 3. The maximum atomic E-state index is 12.4. The molecule has 0 aliphatic rings. The lowest BCUT2D eigenvalue weighted by Gasteiger charge is -2.09. The van der Waals surface area contributed by atoms with Crippen LogP contribution in [-0.4, -0.2) is 31.9 Å². The number of carbonyl (C=O) groups excluding carboxylic acids is 1. The highest BCUT2D eigenvalue weighted by atomic mass is 35.5. The molecule has 1 amide bonds. The first-order valence-electron chi connectivity index (χ1n) is 7.91. The molecule has 28 heavy (non-hydrogen) atoms. The standard InChI is InChI=1S/C18H13Cl3N4O3/c1-7-13(24-18(21)25-14(7)17(27)28)9-3-5-10(6-4-9)23-16(26)15-12(20)11(19)8(2)22-15/h3-6,22H,1-2H3,(H,23,26)(H,27,28). The minimum Gasteiger partial charge on any atom is -0.476 e. The molecule has 7 nitrogen and oxygen atoms in total. The molecule has 0 bridgehead atoms. The predicted molar refractivity (Wildman–Crippen MR) is 108 cm³/mol. The molecule has 10 heteroatoms. The van der Waals surface area contributed by atoms with Gasteiger partial charge in [-0.1, -0.05) is 35.3 Å². The molecule has 0 aliphatic carbocycles. The summed E-state index contributed by atoms with van der Waals surface area (Å²) in [6, 6.07) is 6.66. The van der Waals surface area contributed by atoms with Crippen LogP contribution in [0.5, 0.6) is 0 Å². The topological polar surface area (TPSA) is 108 Å². The van der Waals surface area contributed by atoms with Gasteiger partial charge in [-0.3, -0.25) is 4.79 Å². The van der Waals surface area contributed by atoms with Crippen LogP contribution in [0.25, 0.3) is 11.3 Å². The number of hydrogen-bond donors (Lipinski definition) is 3. The lowest BCUT2D eigenvalue weighted by atomic mass is 10.1. The van der Waals surface area contributed by atoms with Crippen LogP contribution in [0, 0.1) is 13.8 Å². The highest BCUT2D eigenvalue weighted by Crippen LogP contribution is 2.30. The van der Waals surface area contributed by atoms with Crippen LogP contribution in [0.2, 0.25) is 15.3 Å². The third-order valence-corrected chi connectivity index (χ3v) is 5.13. The molecule has 3 N–H and O–H groups in total. The first-order chi connectivity index (χ1) is 13.2. The predicted octanol–water partition coefficient (Wildman–Crippen LogP) is 5.00. The molecule has 0 saturated heterocycles. The van der Waals surface area contributed by atoms with Gasteiger partial charge in [-0.05, 0) is 37.6 Å². The van der Waals surface area contributed by atoms with Crippen LogP contribution in [0.15, 0.2) is 24.3 Å². The van der Waals surface area contributed by atoms with Gasteiger partial charge in [-0.25, -0.2) is 14.8 Å². The molecule has 3 rings (SSSR count). The molecule has 0 fully saturated rings. The second kappa shape index (κ2) is 7.79. The number of nitrogens with zero attached hydrogens (tertiary/aromatic N) is 2. The highest BCUT2D eigenvalue weighted by Gasteiger charge is 2.19. The number of benzene rings is 1. The van der Waals surface area contributed by atoms with E-state index in [0.29, 0.717) is 33.2 Å². The summed E-state index contributed by atoms with van der Waals surface area (Å²) in [5, 5.41) is 12.2. The van der Waals surface area contributed by atoms with E-state index in [0.717, 1.165) is 0 Å². The van der Waals surface area contributed by atoms with E-state index in [1.165, 1.54) is 0 Å². The Kier molecular flexibility index (Phi) is 5.60. The van der Waals surface area contributed by atoms with Crippen molar-refractivity contribution in [3.05, 3.63) is 62.2 Å². The average Bonchev–Trinajstić information content (AvgIpc) is 2.91. The number of aromatic amines is 1. The van der Waals surface area contributed by atoms with Crippen molar-refractivity contribution in [3.8, 4) is 11.3 Å². The van der Waals surface area contributed by atoms with Crippen molar-refractivity contribution in [2.45, 2.75) is 13.8 Å². The number of carboxylic acids is 1. The zero-order chi connectivity index (χ0) is 20.6. The van der Waals surface area contributed by atoms with E-state index in [2.05, 4.69) is 20.3 Å². The molecule has 2 heterocycles. The van der Waals surface area contributed by atoms with Gasteiger partial charge in [0.2, 0.25) is 5.28 Å². The number of carboxylic acid groups (broad SMARTS) is 1. The molecule has 1 aromatic carbocycles. The van der Waals surface area contributed by atoms with Gasteiger partial charge >= 0.3 is 5.97 Å². The summed E-state index contributed by atoms with van der Waals surface area (Å²) < 4.78 is 0. The van der Waals surface area contributed by atoms with Gasteiger partial charge < -0.3 is 15.4 Å². The molecule has 0 radical (unpaired) electrons. The minimum atomic E-state index is -1.19. The van der Waals surface area contributed by atoms with E-state index in [9.17, 15) is 14.7 Å². The van der Waals surface area contributed by atoms with Crippen LogP contribution < -0.4 is 5.32 Å². The number of carbonyl (C=O) groups is 2. The number of rotatable bonds is 4. The zero-order valence-corrected chi connectivity index (χ0v) is 16.9. The summed E-state index contributed by atoms with van der Waals surface area (Å²) in [7, 11) is 0. The fourth-order valence-electron chi connectivity index (χ4n) is 2.61. The van der Waals surface area contributed by atoms with Crippen molar-refractivity contribution < 1.29 is 14.7 Å². The molecule has 144 valence electrons. The number of anilines is 1. The average molecular weight is 440 g/mol. The molecular formula is C18H13Cl3N4O3. The maximum Gasteiger partial charge on any atom is 0.354 e. The summed E-state index contributed by atoms with van der Waals surface area (Å²) in [4.78, 5) is 34.4. The smallest absolute Gasteiger partial charge is 0.354 e. The van der Waals surface area contributed by atoms with Crippen molar-refractivity contribution in [2.24, 2.45) is 0 Å². The van der Waals surface area contributed by atoms with Crippen LogP contribution in [0.4, 0.5) is 5.69 Å². The summed E-state index contributed by atoms with van der Waals surface area (Å²) >= 11 is 17.9. The van der Waals surface area contributed by atoms with E-state index in [-0.39, 0.29) is 21.7 Å². The Morgan fingerprint density at radius 2 is 1.68 bits per heavy atom. The Morgan fingerprint density at radius 1 is 1.04 bits per heavy atom. The van der Waals surface area contributed by atoms with Crippen LogP contribution in [0.3, 0.4) is 0 Å². The number of hydrogen-bond acceptors (Lipinski definition) is 4. The lowest BCUT2D eigenvalue weighted by molar-refractivity contribution is 0.0689. The Hall–Kier alpha value is -2.61. The zero-order valence-electron chi connectivity index (χ0n) is 14.6. The molecule has 3 aromatic rings. The fourth-order valence-corrected chi connectivity index (χ4v) is 3.20. The van der Waals surface area contributed by atoms with Crippen LogP contribution in [0.1, 0.15) is 32.2 Å². The summed E-state index contributed by atoms with van der Waals surface area (Å²) in [6.07, 6.45) is 0. The van der Waals surface area contributed by atoms with E-state index in [1.54, 1.807) is 38.1 Å². The maximum absolute atomic E-state index is 12.4. The Morgan fingerprint density at radius 3 is 2.21 bits per heavy atom. The Labute approximate surface area is 174 Å². The van der Waals surface area contributed by atoms with E-state index in [4.69, 9.17) is 34.8 Å². The largest absolute Gasteiger partial charge is 0.476 e. The second-order valence-corrected chi connectivity index (χ2v) is 7.00. The lowest BCUT2D eigenvalue weighted by Crippen LogP contribution is -2.13. The molecule has 0 unspecified atom stereocenters. The van der Waals surface area contributed by atoms with Gasteiger partial charge in [0.25, 0.3) is 5.91 Å². The van der Waals surface area contributed by atoms with E-state index < -0.39 is 11.9 Å². The number of amides is 1. The first-order valence-corrected chi connectivity index (χ1v) is 9.05. The highest BCUT2D eigenvalue weighted by molar-refractivity contribution is 6.44. The molecule has 0 saturated carbocycles. The van der Waals surface area contributed by atoms with E-state index in [1.807, 2.05) is 0 Å². The summed E-state index contributed by atoms with van der Waals surface area (Å²) in [6.45, 7) is 3.31. The van der Waals surface area contributed by atoms with Crippen molar-refractivity contribution in [2.75, 3.05) is 5.32 Å². The van der Waals surface area contributed by atoms with Crippen molar-refractivity contribution in [1.82, 2.24) is 15.0 Å². The number of H-pyrrole nitrogens is 1. The summed E-state index contributed by atoms with van der Waals surface area (Å²) in [5.74, 6) is -1.63. The van der Waals surface area contributed by atoms with Crippen molar-refractivity contribution in [1.29, 1.82) is 0 Å².